The van der Waals surface area contributed by atoms with E-state index in [1.165, 1.54) is 12.1 Å². The number of likely N-dealkylation sites (tertiary alicyclic amines) is 1. The van der Waals surface area contributed by atoms with E-state index in [0.717, 1.165) is 35.5 Å². The minimum absolute atomic E-state index is 0.00105. The second-order valence-corrected chi connectivity index (χ2v) is 13.2. The van der Waals surface area contributed by atoms with Gasteiger partial charge in [-0.1, -0.05) is 12.1 Å². The summed E-state index contributed by atoms with van der Waals surface area (Å²) < 4.78 is 26.9. The van der Waals surface area contributed by atoms with Gasteiger partial charge >= 0.3 is 6.09 Å². The predicted octanol–water partition coefficient (Wildman–Crippen LogP) is 5.24. The molecule has 240 valence electrons. The second-order valence-electron chi connectivity index (χ2n) is 13.2. The Morgan fingerprint density at radius 2 is 2.04 bits per heavy atom. The van der Waals surface area contributed by atoms with Crippen molar-refractivity contribution in [2.45, 2.75) is 64.3 Å². The van der Waals surface area contributed by atoms with E-state index in [9.17, 15) is 19.1 Å². The van der Waals surface area contributed by atoms with Crippen molar-refractivity contribution in [2.75, 3.05) is 31.6 Å². The van der Waals surface area contributed by atoms with Gasteiger partial charge in [0, 0.05) is 50.0 Å². The van der Waals surface area contributed by atoms with Crippen LogP contribution in [0.15, 0.2) is 48.8 Å². The van der Waals surface area contributed by atoms with Crippen LogP contribution in [0.1, 0.15) is 66.7 Å². The summed E-state index contributed by atoms with van der Waals surface area (Å²) in [5.74, 6) is -0.0869. The number of ether oxygens (including phenoxy) is 2. The summed E-state index contributed by atoms with van der Waals surface area (Å²) in [6.45, 7) is 8.59. The Hall–Kier alpha value is -4.39. The Labute approximate surface area is 266 Å². The van der Waals surface area contributed by atoms with Gasteiger partial charge in [-0.2, -0.15) is 0 Å². The van der Waals surface area contributed by atoms with E-state index >= 15 is 0 Å². The Bertz CT molecular complexity index is 1830. The molecule has 0 aliphatic carbocycles. The molecule has 11 nitrogen and oxygen atoms in total. The molecule has 3 aliphatic rings. The first-order valence-electron chi connectivity index (χ1n) is 15.6. The number of pyridine rings is 2. The van der Waals surface area contributed by atoms with Crippen molar-refractivity contribution < 1.29 is 28.6 Å². The van der Waals surface area contributed by atoms with Crippen molar-refractivity contribution in [1.82, 2.24) is 24.2 Å². The van der Waals surface area contributed by atoms with Gasteiger partial charge in [-0.25, -0.2) is 24.1 Å². The summed E-state index contributed by atoms with van der Waals surface area (Å²) in [7, 11) is 0. The zero-order chi connectivity index (χ0) is 32.2. The lowest BCUT2D eigenvalue weighted by Crippen LogP contribution is -2.37. The highest BCUT2D eigenvalue weighted by Gasteiger charge is 2.39. The summed E-state index contributed by atoms with van der Waals surface area (Å²) in [4.78, 5) is 39.9. The number of rotatable bonds is 6. The minimum atomic E-state index is -0.792. The van der Waals surface area contributed by atoms with Crippen LogP contribution in [0.3, 0.4) is 0 Å². The highest BCUT2D eigenvalue weighted by atomic mass is 19.1. The third kappa shape index (κ3) is 5.83. The molecule has 2 amide bonds. The number of amides is 2. The Morgan fingerprint density at radius 1 is 1.20 bits per heavy atom. The molecule has 0 unspecified atom stereocenters. The van der Waals surface area contributed by atoms with E-state index < -0.39 is 23.4 Å². The van der Waals surface area contributed by atoms with Crippen LogP contribution in [-0.4, -0.2) is 79.3 Å². The van der Waals surface area contributed by atoms with E-state index in [1.54, 1.807) is 43.6 Å². The SMILES string of the molecule is CC(C)(C)OC(=O)N1Cc2c(-c3cnc4cc(F)ccn34)ccc(Nc3ccc([C@H]4CCOC4)c(CN4CC[C@H](O)C4)n3)c2C1=O. The molecule has 2 atom stereocenters. The van der Waals surface area contributed by atoms with Gasteiger partial charge in [-0.3, -0.25) is 14.1 Å². The third-order valence-electron chi connectivity index (χ3n) is 8.72. The van der Waals surface area contributed by atoms with Crippen LogP contribution >= 0.6 is 0 Å². The molecule has 0 saturated carbocycles. The van der Waals surface area contributed by atoms with Gasteiger partial charge in [0.2, 0.25) is 0 Å². The Balaban J connectivity index is 1.28. The fraction of sp³-hybridized carbons (Fsp3) is 0.412. The monoisotopic (exact) mass is 628 g/mol. The van der Waals surface area contributed by atoms with Gasteiger partial charge in [0.25, 0.3) is 5.91 Å². The van der Waals surface area contributed by atoms with Crippen molar-refractivity contribution in [1.29, 1.82) is 0 Å². The molecule has 1 aromatic carbocycles. The maximum atomic E-state index is 14.0. The maximum Gasteiger partial charge on any atom is 0.417 e. The molecule has 0 bridgehead atoms. The highest BCUT2D eigenvalue weighted by Crippen LogP contribution is 2.39. The van der Waals surface area contributed by atoms with Crippen molar-refractivity contribution in [3.8, 4) is 11.3 Å². The predicted molar refractivity (Wildman–Crippen MR) is 168 cm³/mol. The van der Waals surface area contributed by atoms with E-state index in [0.29, 0.717) is 65.8 Å². The fourth-order valence-electron chi connectivity index (χ4n) is 6.55. The van der Waals surface area contributed by atoms with Crippen LogP contribution in [0.5, 0.6) is 0 Å². The zero-order valence-electron chi connectivity index (χ0n) is 26.1. The summed E-state index contributed by atoms with van der Waals surface area (Å²) in [6, 6.07) is 10.3. The number of anilines is 2. The van der Waals surface area contributed by atoms with Crippen molar-refractivity contribution in [2.24, 2.45) is 0 Å². The number of fused-ring (bicyclic) bond motifs is 2. The first kappa shape index (κ1) is 30.3. The molecule has 0 spiro atoms. The molecular weight excluding hydrogens is 591 g/mol. The number of imide groups is 1. The van der Waals surface area contributed by atoms with Crippen LogP contribution < -0.4 is 5.32 Å². The summed E-state index contributed by atoms with van der Waals surface area (Å²) >= 11 is 0. The van der Waals surface area contributed by atoms with Gasteiger partial charge in [0.15, 0.2) is 0 Å². The first-order valence-corrected chi connectivity index (χ1v) is 15.6. The van der Waals surface area contributed by atoms with Gasteiger partial charge in [0.1, 0.15) is 22.9 Å². The van der Waals surface area contributed by atoms with Crippen LogP contribution in [0, 0.1) is 5.82 Å². The largest absolute Gasteiger partial charge is 0.443 e. The Kier molecular flexibility index (Phi) is 7.74. The number of hydrogen-bond acceptors (Lipinski definition) is 9. The molecule has 7 rings (SSSR count). The fourth-order valence-corrected chi connectivity index (χ4v) is 6.55. The van der Waals surface area contributed by atoms with Crippen LogP contribution in [-0.2, 0) is 22.6 Å². The number of aliphatic hydroxyl groups excluding tert-OH is 1. The summed E-state index contributed by atoms with van der Waals surface area (Å²) in [5, 5.41) is 13.5. The minimum Gasteiger partial charge on any atom is -0.443 e. The number of benzene rings is 1. The van der Waals surface area contributed by atoms with Gasteiger partial charge in [-0.05, 0) is 62.9 Å². The molecule has 2 N–H and O–H groups in total. The molecule has 4 aromatic rings. The zero-order valence-corrected chi connectivity index (χ0v) is 26.1. The number of carbonyl (C=O) groups is 2. The smallest absolute Gasteiger partial charge is 0.417 e. The highest BCUT2D eigenvalue weighted by molar-refractivity contribution is 6.11. The molecule has 2 saturated heterocycles. The number of imidazole rings is 1. The lowest BCUT2D eigenvalue weighted by Gasteiger charge is -2.23. The maximum absolute atomic E-state index is 14.0. The van der Waals surface area contributed by atoms with Crippen molar-refractivity contribution >= 4 is 29.2 Å². The topological polar surface area (TPSA) is 122 Å². The van der Waals surface area contributed by atoms with Crippen molar-refractivity contribution in [3.05, 3.63) is 77.0 Å². The van der Waals surface area contributed by atoms with Gasteiger partial charge in [0.05, 0.1) is 48.1 Å². The molecule has 2 fully saturated rings. The molecule has 46 heavy (non-hydrogen) atoms. The lowest BCUT2D eigenvalue weighted by molar-refractivity contribution is 0.0248. The quantitative estimate of drug-likeness (QED) is 0.295. The number of carbonyl (C=O) groups excluding carboxylic acids is 2. The number of nitrogens with zero attached hydrogens (tertiary/aromatic N) is 5. The van der Waals surface area contributed by atoms with E-state index in [4.69, 9.17) is 14.5 Å². The normalized spacial score (nSPS) is 20.1. The molecule has 0 radical (unpaired) electrons. The number of aromatic nitrogens is 3. The van der Waals surface area contributed by atoms with E-state index in [-0.39, 0.29) is 18.6 Å². The summed E-state index contributed by atoms with van der Waals surface area (Å²) in [6.07, 6.45) is 3.80. The number of hydrogen-bond donors (Lipinski definition) is 2. The molecule has 3 aromatic heterocycles. The standard InChI is InChI=1S/C34H37FN6O5/c1-34(2,3)46-33(44)41-17-25-24(28-15-36-30-14-21(35)8-12-40(28)30)4-6-26(31(25)32(41)43)37-29-7-5-23(20-10-13-45-19-20)27(38-29)18-39-11-9-22(42)16-39/h4-8,12,14-15,20,22,42H,9-11,13,16-19H2,1-3H3,(H,37,38)/t20-,22-/m0/s1. The molecular formula is C34H37FN6O5. The van der Waals surface area contributed by atoms with Gasteiger partial charge in [-0.15, -0.1) is 0 Å². The number of halogens is 1. The second kappa shape index (κ2) is 11.8. The van der Waals surface area contributed by atoms with Crippen molar-refractivity contribution in [3.63, 3.8) is 0 Å². The average molecular weight is 629 g/mol. The Morgan fingerprint density at radius 3 is 2.78 bits per heavy atom. The first-order chi connectivity index (χ1) is 22.0. The van der Waals surface area contributed by atoms with Gasteiger partial charge < -0.3 is 19.9 Å². The molecule has 12 heteroatoms. The molecule has 3 aliphatic heterocycles. The number of aliphatic hydroxyl groups is 1. The number of nitrogens with one attached hydrogen (secondary N) is 1. The van der Waals surface area contributed by atoms with E-state index in [1.807, 2.05) is 12.1 Å². The van der Waals surface area contributed by atoms with E-state index in [2.05, 4.69) is 21.3 Å². The third-order valence-corrected chi connectivity index (χ3v) is 8.72. The lowest BCUT2D eigenvalue weighted by atomic mass is 9.96. The number of β-amino-alcohol motifs (C(OH)–C–C–N with tert-alkyl or cyclic N) is 1. The summed E-state index contributed by atoms with van der Waals surface area (Å²) in [5.41, 5.74) is 4.47. The van der Waals surface area contributed by atoms with Crippen LogP contribution in [0.2, 0.25) is 0 Å². The average Bonchev–Trinajstić information content (AvgIpc) is 3.80. The molecule has 6 heterocycles. The van der Waals surface area contributed by atoms with Crippen LogP contribution in [0.4, 0.5) is 20.7 Å². The van der Waals surface area contributed by atoms with Crippen LogP contribution in [0.25, 0.3) is 16.9 Å².